The fourth-order valence-corrected chi connectivity index (χ4v) is 3.02. The van der Waals surface area contributed by atoms with Crippen LogP contribution in [0, 0.1) is 0 Å². The maximum atomic E-state index is 12.3. The Morgan fingerprint density at radius 1 is 1.19 bits per heavy atom. The van der Waals surface area contributed by atoms with Crippen LogP contribution in [0.2, 0.25) is 0 Å². The number of nitrogens with zero attached hydrogens (tertiary/aromatic N) is 1. The second-order valence-electron chi connectivity index (χ2n) is 6.67. The Bertz CT molecular complexity index is 586. The number of primary amides is 1. The Hall–Kier alpha value is -1.85. The molecule has 2 amide bonds. The average Bonchev–Trinajstić information content (AvgIpc) is 2.65. The van der Waals surface area contributed by atoms with Gasteiger partial charge in [-0.25, -0.2) is 0 Å². The topological polar surface area (TPSA) is 75.4 Å². The Morgan fingerprint density at radius 3 is 2.46 bits per heavy atom. The van der Waals surface area contributed by atoms with E-state index in [1.54, 1.807) is 13.0 Å². The molecule has 0 spiro atoms. The van der Waals surface area contributed by atoms with Gasteiger partial charge in [-0.2, -0.15) is 0 Å². The van der Waals surface area contributed by atoms with Crippen LogP contribution >= 0.6 is 12.4 Å². The van der Waals surface area contributed by atoms with Crippen molar-refractivity contribution in [3.8, 4) is 0 Å². The first-order chi connectivity index (χ1) is 12.1. The number of piperidine rings is 1. The molecule has 6 heteroatoms. The zero-order valence-electron chi connectivity index (χ0n) is 15.4. The zero-order chi connectivity index (χ0) is 18.1. The molecule has 26 heavy (non-hydrogen) atoms. The Balaban J connectivity index is 0.00000338. The number of benzene rings is 1. The third-order valence-corrected chi connectivity index (χ3v) is 4.62. The quantitative estimate of drug-likeness (QED) is 0.681. The van der Waals surface area contributed by atoms with Gasteiger partial charge in [0, 0.05) is 25.2 Å². The van der Waals surface area contributed by atoms with E-state index in [-0.39, 0.29) is 30.3 Å². The molecule has 144 valence electrons. The van der Waals surface area contributed by atoms with Crippen LogP contribution < -0.4 is 11.1 Å². The fraction of sp³-hybridized carbons (Fsp3) is 0.500. The highest BCUT2D eigenvalue weighted by atomic mass is 35.5. The van der Waals surface area contributed by atoms with Crippen molar-refractivity contribution in [2.24, 2.45) is 5.73 Å². The highest BCUT2D eigenvalue weighted by Gasteiger charge is 2.16. The second kappa shape index (κ2) is 11.7. The van der Waals surface area contributed by atoms with Gasteiger partial charge >= 0.3 is 0 Å². The molecular formula is C20H30ClN3O2. The van der Waals surface area contributed by atoms with E-state index in [2.05, 4.69) is 17.4 Å². The summed E-state index contributed by atoms with van der Waals surface area (Å²) < 4.78 is 0. The predicted molar refractivity (Wildman–Crippen MR) is 107 cm³/mol. The highest BCUT2D eigenvalue weighted by Crippen LogP contribution is 2.10. The Morgan fingerprint density at radius 2 is 1.85 bits per heavy atom. The van der Waals surface area contributed by atoms with E-state index in [0.717, 1.165) is 38.8 Å². The first-order valence-corrected chi connectivity index (χ1v) is 9.12. The number of hydrogen-bond donors (Lipinski definition) is 2. The van der Waals surface area contributed by atoms with Crippen molar-refractivity contribution >= 4 is 24.2 Å². The third-order valence-electron chi connectivity index (χ3n) is 4.62. The van der Waals surface area contributed by atoms with Gasteiger partial charge in [-0.1, -0.05) is 36.4 Å². The van der Waals surface area contributed by atoms with E-state index in [4.69, 9.17) is 5.73 Å². The molecule has 1 saturated heterocycles. The van der Waals surface area contributed by atoms with E-state index >= 15 is 0 Å². The molecule has 0 aliphatic carbocycles. The highest BCUT2D eigenvalue weighted by molar-refractivity contribution is 5.87. The number of carbonyl (C=O) groups is 2. The molecule has 0 aromatic heterocycles. The zero-order valence-corrected chi connectivity index (χ0v) is 16.2. The second-order valence-corrected chi connectivity index (χ2v) is 6.67. The van der Waals surface area contributed by atoms with Crippen LogP contribution in [0.5, 0.6) is 0 Å². The molecule has 1 heterocycles. The van der Waals surface area contributed by atoms with Crippen molar-refractivity contribution < 1.29 is 9.59 Å². The minimum Gasteiger partial charge on any atom is -0.368 e. The van der Waals surface area contributed by atoms with Gasteiger partial charge in [-0.15, -0.1) is 12.4 Å². The summed E-state index contributed by atoms with van der Waals surface area (Å²) >= 11 is 0. The summed E-state index contributed by atoms with van der Waals surface area (Å²) in [5, 5.41) is 3.21. The number of nitrogens with one attached hydrogen (secondary N) is 1. The number of likely N-dealkylation sites (tertiary alicyclic amines) is 1. The van der Waals surface area contributed by atoms with E-state index in [1.807, 2.05) is 29.2 Å². The lowest BCUT2D eigenvalue weighted by atomic mass is 10.0. The van der Waals surface area contributed by atoms with E-state index in [9.17, 15) is 9.59 Å². The number of aryl methyl sites for hydroxylation is 1. The average molecular weight is 380 g/mol. The Kier molecular flexibility index (Phi) is 9.99. The third kappa shape index (κ3) is 7.58. The lowest BCUT2D eigenvalue weighted by Gasteiger charge is -2.25. The summed E-state index contributed by atoms with van der Waals surface area (Å²) in [5.74, 6) is -0.335. The summed E-state index contributed by atoms with van der Waals surface area (Å²) in [5.41, 5.74) is 6.60. The summed E-state index contributed by atoms with van der Waals surface area (Å²) in [6.45, 7) is 3.42. The van der Waals surface area contributed by atoms with E-state index < -0.39 is 6.04 Å². The van der Waals surface area contributed by atoms with Crippen molar-refractivity contribution in [3.63, 3.8) is 0 Å². The summed E-state index contributed by atoms with van der Waals surface area (Å²) in [6, 6.07) is 9.67. The van der Waals surface area contributed by atoms with Crippen LogP contribution in [0.3, 0.4) is 0 Å². The molecule has 0 bridgehead atoms. The monoisotopic (exact) mass is 379 g/mol. The predicted octanol–water partition coefficient (Wildman–Crippen LogP) is 2.44. The van der Waals surface area contributed by atoms with Crippen LogP contribution in [-0.4, -0.2) is 41.9 Å². The maximum Gasteiger partial charge on any atom is 0.246 e. The standard InChI is InChI=1S/C20H29N3O2.ClH/c1-16(20(21)25)22-18(11-10-17-8-4-2-5-9-17)12-13-19(24)23-14-6-3-7-15-23;/h2,4-5,8-9,12-13,16,18,22H,3,6-7,10-11,14-15H2,1H3,(H2,21,25);1H/b13-12+;/t16-,18-;/m0./s1. The SMILES string of the molecule is C[C@H](N[C@H](/C=C/C(=O)N1CCCCC1)CCc1ccccc1)C(N)=O.Cl. The van der Waals surface area contributed by atoms with Crippen molar-refractivity contribution in [2.75, 3.05) is 13.1 Å². The number of carbonyl (C=O) groups excluding carboxylic acids is 2. The van der Waals surface area contributed by atoms with E-state index in [1.165, 1.54) is 12.0 Å². The molecule has 1 fully saturated rings. The van der Waals surface area contributed by atoms with Crippen LogP contribution in [0.25, 0.3) is 0 Å². The molecular weight excluding hydrogens is 350 g/mol. The smallest absolute Gasteiger partial charge is 0.246 e. The molecule has 0 unspecified atom stereocenters. The van der Waals surface area contributed by atoms with Crippen LogP contribution in [-0.2, 0) is 16.0 Å². The van der Waals surface area contributed by atoms with Gasteiger partial charge in [0.05, 0.1) is 6.04 Å². The van der Waals surface area contributed by atoms with Gasteiger partial charge in [-0.3, -0.25) is 14.9 Å². The maximum absolute atomic E-state index is 12.3. The molecule has 1 aliphatic heterocycles. The summed E-state index contributed by atoms with van der Waals surface area (Å²) in [6.07, 6.45) is 8.53. The molecule has 0 radical (unpaired) electrons. The molecule has 3 N–H and O–H groups in total. The van der Waals surface area contributed by atoms with Gasteiger partial charge in [0.15, 0.2) is 0 Å². The normalized spacial score (nSPS) is 16.7. The molecule has 1 aliphatic rings. The van der Waals surface area contributed by atoms with E-state index in [0.29, 0.717) is 0 Å². The van der Waals surface area contributed by atoms with Crippen LogP contribution in [0.15, 0.2) is 42.5 Å². The van der Waals surface area contributed by atoms with Gasteiger partial charge in [0.2, 0.25) is 11.8 Å². The van der Waals surface area contributed by atoms with Gasteiger partial charge < -0.3 is 10.6 Å². The first kappa shape index (κ1) is 22.2. The minimum atomic E-state index is -0.435. The van der Waals surface area contributed by atoms with Gasteiger partial charge in [0.25, 0.3) is 0 Å². The van der Waals surface area contributed by atoms with Crippen molar-refractivity contribution in [1.29, 1.82) is 0 Å². The summed E-state index contributed by atoms with van der Waals surface area (Å²) in [4.78, 5) is 25.6. The lowest BCUT2D eigenvalue weighted by Crippen LogP contribution is -2.44. The molecule has 0 saturated carbocycles. The molecule has 1 aromatic carbocycles. The van der Waals surface area contributed by atoms with Crippen molar-refractivity contribution in [2.45, 2.75) is 51.1 Å². The number of amides is 2. The van der Waals surface area contributed by atoms with Gasteiger partial charge in [-0.05, 0) is 44.6 Å². The largest absolute Gasteiger partial charge is 0.368 e. The fourth-order valence-electron chi connectivity index (χ4n) is 3.02. The van der Waals surface area contributed by atoms with Crippen molar-refractivity contribution in [3.05, 3.63) is 48.0 Å². The molecule has 2 rings (SSSR count). The number of rotatable bonds is 8. The van der Waals surface area contributed by atoms with Crippen molar-refractivity contribution in [1.82, 2.24) is 10.2 Å². The number of hydrogen-bond acceptors (Lipinski definition) is 3. The Labute approximate surface area is 162 Å². The summed E-state index contributed by atoms with van der Waals surface area (Å²) in [7, 11) is 0. The minimum absolute atomic E-state index is 0. The number of nitrogens with two attached hydrogens (primary N) is 1. The lowest BCUT2D eigenvalue weighted by molar-refractivity contribution is -0.126. The molecule has 5 nitrogen and oxygen atoms in total. The molecule has 2 atom stereocenters. The number of halogens is 1. The first-order valence-electron chi connectivity index (χ1n) is 9.12. The molecule has 1 aromatic rings. The van der Waals surface area contributed by atoms with Gasteiger partial charge in [0.1, 0.15) is 0 Å². The van der Waals surface area contributed by atoms with Crippen LogP contribution in [0.4, 0.5) is 0 Å². The van der Waals surface area contributed by atoms with Crippen LogP contribution in [0.1, 0.15) is 38.2 Å².